The summed E-state index contributed by atoms with van der Waals surface area (Å²) in [6, 6.07) is -1.01. The Hall–Kier alpha value is -1.47. The van der Waals surface area contributed by atoms with E-state index in [9.17, 15) is 25.2 Å². The highest BCUT2D eigenvalue weighted by Gasteiger charge is 2.28. The fraction of sp³-hybridized carbons (Fsp3) is 0.892. The summed E-state index contributed by atoms with van der Waals surface area (Å²) in [4.78, 5) is 12.6. The molecule has 0 heterocycles. The van der Waals surface area contributed by atoms with Gasteiger partial charge in [-0.05, 0) is 64.2 Å². The predicted molar refractivity (Wildman–Crippen MR) is 311 cm³/mol. The van der Waals surface area contributed by atoms with Crippen molar-refractivity contribution in [1.82, 2.24) is 5.32 Å². The van der Waals surface area contributed by atoms with Crippen LogP contribution < -0.4 is 5.32 Å². The first kappa shape index (κ1) is 69.5. The van der Waals surface area contributed by atoms with Crippen molar-refractivity contribution in [1.29, 1.82) is 0 Å². The summed E-state index contributed by atoms with van der Waals surface area (Å²) >= 11 is 0. The van der Waals surface area contributed by atoms with Crippen molar-refractivity contribution in [2.45, 2.75) is 366 Å². The highest BCUT2D eigenvalue weighted by molar-refractivity contribution is 5.80. The van der Waals surface area contributed by atoms with Crippen molar-refractivity contribution in [3.05, 3.63) is 36.5 Å². The Morgan fingerprint density at radius 1 is 0.338 bits per heavy atom. The Balaban J connectivity index is 3.61. The van der Waals surface area contributed by atoms with Crippen molar-refractivity contribution < 1.29 is 25.2 Å². The largest absolute Gasteiger partial charge is 0.394 e. The van der Waals surface area contributed by atoms with E-state index >= 15 is 0 Å². The van der Waals surface area contributed by atoms with Crippen molar-refractivity contribution in [3.8, 4) is 0 Å². The molecule has 0 bridgehead atoms. The molecular weight excluding hydrogens is 875 g/mol. The summed E-state index contributed by atoms with van der Waals surface area (Å²) in [6.45, 7) is 4.08. The third kappa shape index (κ3) is 53.2. The lowest BCUT2D eigenvalue weighted by atomic mass is 10.00. The zero-order chi connectivity index (χ0) is 51.6. The van der Waals surface area contributed by atoms with Gasteiger partial charge in [0.25, 0.3) is 0 Å². The minimum absolute atomic E-state index is 0.362. The van der Waals surface area contributed by atoms with Crippen LogP contribution in [0.4, 0.5) is 0 Å². The lowest BCUT2D eigenvalue weighted by molar-refractivity contribution is -0.132. The minimum atomic E-state index is -1.29. The van der Waals surface area contributed by atoms with Crippen LogP contribution in [0, 0.1) is 0 Å². The standard InChI is InChI=1S/C65H125NO5/c1-3-5-7-9-11-13-15-17-19-21-23-25-27-29-30-31-32-33-34-35-37-39-41-43-45-47-49-51-53-55-57-59-63(69)65(71)66-61(60-67)64(70)62(68)58-56-54-52-50-48-46-44-42-40-38-36-28-26-24-22-20-18-16-14-12-10-8-6-4-2/h28,36,42,44,50,52,61-64,67-70H,3-27,29-35,37-41,43,45-49,51,53-60H2,1-2H3,(H,66,71)/b36-28+,44-42+,52-50+. The van der Waals surface area contributed by atoms with Gasteiger partial charge in [-0.3, -0.25) is 4.79 Å². The van der Waals surface area contributed by atoms with Crippen molar-refractivity contribution in [3.63, 3.8) is 0 Å². The molecule has 0 fully saturated rings. The molecule has 0 radical (unpaired) electrons. The van der Waals surface area contributed by atoms with Gasteiger partial charge in [-0.2, -0.15) is 0 Å². The Kier molecular flexibility index (Phi) is 58.2. The second kappa shape index (κ2) is 59.4. The third-order valence-corrected chi connectivity index (χ3v) is 15.1. The Morgan fingerprint density at radius 2 is 0.592 bits per heavy atom. The van der Waals surface area contributed by atoms with E-state index in [0.717, 1.165) is 51.4 Å². The summed E-state index contributed by atoms with van der Waals surface area (Å²) in [5, 5.41) is 44.1. The smallest absolute Gasteiger partial charge is 0.249 e. The minimum Gasteiger partial charge on any atom is -0.394 e. The SMILES string of the molecule is CCCCCCCCCCCCC/C=C/CC/C=C/CC/C=C/CCCC(O)C(O)C(CO)NC(=O)C(O)CCCCCCCCCCCCCCCCCCCCCCCCCCCCCCCCC. The molecule has 4 unspecified atom stereocenters. The van der Waals surface area contributed by atoms with Gasteiger partial charge < -0.3 is 25.7 Å². The summed E-state index contributed by atoms with van der Waals surface area (Å²) in [5.41, 5.74) is 0. The van der Waals surface area contributed by atoms with E-state index in [1.807, 2.05) is 0 Å². The van der Waals surface area contributed by atoms with Gasteiger partial charge in [0.1, 0.15) is 12.2 Å². The monoisotopic (exact) mass is 1000 g/mol. The number of nitrogens with one attached hydrogen (secondary N) is 1. The van der Waals surface area contributed by atoms with Crippen molar-refractivity contribution >= 4 is 5.91 Å². The summed E-state index contributed by atoms with van der Waals surface area (Å²) in [7, 11) is 0. The van der Waals surface area contributed by atoms with Crippen molar-refractivity contribution in [2.24, 2.45) is 0 Å². The Labute approximate surface area is 443 Å². The number of rotatable bonds is 59. The number of hydrogen-bond donors (Lipinski definition) is 5. The number of hydrogen-bond acceptors (Lipinski definition) is 5. The fourth-order valence-corrected chi connectivity index (χ4v) is 10.1. The second-order valence-electron chi connectivity index (χ2n) is 22.1. The molecular formula is C65H125NO5. The quantitative estimate of drug-likeness (QED) is 0.0308. The van der Waals surface area contributed by atoms with Gasteiger partial charge >= 0.3 is 0 Å². The van der Waals surface area contributed by atoms with E-state index < -0.39 is 36.9 Å². The molecule has 0 aromatic carbocycles. The first-order valence-electron chi connectivity index (χ1n) is 31.9. The van der Waals surface area contributed by atoms with E-state index in [4.69, 9.17) is 0 Å². The molecule has 1 amide bonds. The average molecular weight is 1000 g/mol. The van der Waals surface area contributed by atoms with Crippen LogP contribution in [-0.2, 0) is 4.79 Å². The number of aliphatic hydroxyl groups excluding tert-OH is 4. The topological polar surface area (TPSA) is 110 Å². The molecule has 0 aromatic rings. The van der Waals surface area contributed by atoms with Gasteiger partial charge in [0, 0.05) is 0 Å². The molecule has 4 atom stereocenters. The fourth-order valence-electron chi connectivity index (χ4n) is 10.1. The van der Waals surface area contributed by atoms with Crippen molar-refractivity contribution in [2.75, 3.05) is 6.61 Å². The maximum atomic E-state index is 12.6. The molecule has 0 aromatic heterocycles. The number of unbranched alkanes of at least 4 members (excludes halogenated alkanes) is 44. The molecule has 6 nitrogen and oxygen atoms in total. The molecule has 0 aliphatic carbocycles. The van der Waals surface area contributed by atoms with E-state index in [1.54, 1.807) is 0 Å². The molecule has 0 rings (SSSR count). The first-order chi connectivity index (χ1) is 35.0. The molecule has 6 heteroatoms. The lowest BCUT2D eigenvalue weighted by Crippen LogP contribution is -2.53. The van der Waals surface area contributed by atoms with Crippen LogP contribution in [0.25, 0.3) is 0 Å². The lowest BCUT2D eigenvalue weighted by Gasteiger charge is -2.27. The van der Waals surface area contributed by atoms with Crippen LogP contribution in [0.1, 0.15) is 341 Å². The van der Waals surface area contributed by atoms with Gasteiger partial charge in [0.05, 0.1) is 18.8 Å². The number of carbonyl (C=O) groups excluding carboxylic acids is 1. The van der Waals surface area contributed by atoms with Gasteiger partial charge in [0.15, 0.2) is 0 Å². The summed E-state index contributed by atoms with van der Waals surface area (Å²) < 4.78 is 0. The average Bonchev–Trinajstić information content (AvgIpc) is 3.38. The second-order valence-corrected chi connectivity index (χ2v) is 22.1. The molecule has 71 heavy (non-hydrogen) atoms. The van der Waals surface area contributed by atoms with Crippen LogP contribution in [0.2, 0.25) is 0 Å². The number of amides is 1. The summed E-state index contributed by atoms with van der Waals surface area (Å²) in [6.07, 6.45) is 75.3. The van der Waals surface area contributed by atoms with Gasteiger partial charge in [-0.25, -0.2) is 0 Å². The zero-order valence-electron chi connectivity index (χ0n) is 47.7. The van der Waals surface area contributed by atoms with Gasteiger partial charge in [-0.15, -0.1) is 0 Å². The number of allylic oxidation sites excluding steroid dienone is 6. The molecule has 0 saturated carbocycles. The zero-order valence-corrected chi connectivity index (χ0v) is 47.7. The van der Waals surface area contributed by atoms with Crippen LogP contribution in [0.5, 0.6) is 0 Å². The molecule has 0 aliphatic rings. The van der Waals surface area contributed by atoms with Crippen LogP contribution >= 0.6 is 0 Å². The molecule has 0 saturated heterocycles. The highest BCUT2D eigenvalue weighted by atomic mass is 16.3. The van der Waals surface area contributed by atoms with Crippen LogP contribution in [0.3, 0.4) is 0 Å². The van der Waals surface area contributed by atoms with E-state index in [0.29, 0.717) is 19.3 Å². The van der Waals surface area contributed by atoms with Crippen LogP contribution in [0.15, 0.2) is 36.5 Å². The Morgan fingerprint density at radius 3 is 0.887 bits per heavy atom. The molecule has 0 spiro atoms. The van der Waals surface area contributed by atoms with Gasteiger partial charge in [0.2, 0.25) is 5.91 Å². The van der Waals surface area contributed by atoms with E-state index in [1.165, 1.54) is 257 Å². The first-order valence-corrected chi connectivity index (χ1v) is 31.9. The maximum absolute atomic E-state index is 12.6. The number of carbonyl (C=O) groups is 1. The number of aliphatic hydroxyl groups is 4. The third-order valence-electron chi connectivity index (χ3n) is 15.1. The molecule has 420 valence electrons. The molecule has 5 N–H and O–H groups in total. The predicted octanol–water partition coefficient (Wildman–Crippen LogP) is 19.1. The van der Waals surface area contributed by atoms with E-state index in [-0.39, 0.29) is 0 Å². The van der Waals surface area contributed by atoms with Gasteiger partial charge in [-0.1, -0.05) is 314 Å². The van der Waals surface area contributed by atoms with E-state index in [2.05, 4.69) is 55.6 Å². The summed E-state index contributed by atoms with van der Waals surface area (Å²) in [5.74, 6) is -0.593. The maximum Gasteiger partial charge on any atom is 0.249 e. The highest BCUT2D eigenvalue weighted by Crippen LogP contribution is 2.18. The van der Waals surface area contributed by atoms with Crippen LogP contribution in [-0.4, -0.2) is 57.3 Å². The molecule has 0 aliphatic heterocycles. The normalized spacial score (nSPS) is 13.8. The Bertz CT molecular complexity index is 1120.